The number of rotatable bonds is 3. The van der Waals surface area contributed by atoms with E-state index in [2.05, 4.69) is 32.6 Å². The summed E-state index contributed by atoms with van der Waals surface area (Å²) in [6.45, 7) is 0.805. The summed E-state index contributed by atoms with van der Waals surface area (Å²) in [6, 6.07) is 16.1. The van der Waals surface area contributed by atoms with Gasteiger partial charge in [0.25, 0.3) is 0 Å². The van der Waals surface area contributed by atoms with Gasteiger partial charge >= 0.3 is 0 Å². The van der Waals surface area contributed by atoms with Crippen molar-refractivity contribution in [2.75, 3.05) is 0 Å². The van der Waals surface area contributed by atoms with Crippen molar-refractivity contribution in [3.8, 4) is 0 Å². The van der Waals surface area contributed by atoms with E-state index in [0.29, 0.717) is 0 Å². The van der Waals surface area contributed by atoms with E-state index in [1.54, 1.807) is 0 Å². The lowest BCUT2D eigenvalue weighted by Gasteiger charge is -2.06. The van der Waals surface area contributed by atoms with Crippen LogP contribution in [-0.2, 0) is 6.54 Å². The first-order valence-electron chi connectivity index (χ1n) is 6.05. The molecule has 2 aromatic carbocycles. The van der Waals surface area contributed by atoms with E-state index in [4.69, 9.17) is 0 Å². The predicted molar refractivity (Wildman–Crippen MR) is 80.6 cm³/mol. The number of halogens is 1. The van der Waals surface area contributed by atoms with Crippen LogP contribution in [0, 0.1) is 0 Å². The van der Waals surface area contributed by atoms with Crippen molar-refractivity contribution in [2.24, 2.45) is 0 Å². The van der Waals surface area contributed by atoms with E-state index in [1.807, 2.05) is 42.6 Å². The third kappa shape index (κ3) is 2.34. The zero-order chi connectivity index (χ0) is 13.2. The van der Waals surface area contributed by atoms with E-state index < -0.39 is 0 Å². The molecule has 94 valence electrons. The molecule has 0 saturated carbocycles. The van der Waals surface area contributed by atoms with Gasteiger partial charge in [-0.1, -0.05) is 40.2 Å². The van der Waals surface area contributed by atoms with Crippen LogP contribution in [0.25, 0.3) is 10.9 Å². The molecule has 3 heteroatoms. The molecule has 0 saturated heterocycles. The van der Waals surface area contributed by atoms with Gasteiger partial charge in [0.05, 0.1) is 0 Å². The monoisotopic (exact) mass is 313 g/mol. The highest BCUT2D eigenvalue weighted by Crippen LogP contribution is 2.20. The first-order valence-corrected chi connectivity index (χ1v) is 6.85. The van der Waals surface area contributed by atoms with Crippen LogP contribution in [0.4, 0.5) is 0 Å². The fourth-order valence-electron chi connectivity index (χ4n) is 2.27. The first-order chi connectivity index (χ1) is 9.28. The van der Waals surface area contributed by atoms with E-state index in [1.165, 1.54) is 5.56 Å². The molecule has 3 rings (SSSR count). The molecular weight excluding hydrogens is 302 g/mol. The molecule has 0 aliphatic carbocycles. The molecule has 3 aromatic rings. The van der Waals surface area contributed by atoms with E-state index >= 15 is 0 Å². The molecule has 2 nitrogen and oxygen atoms in total. The van der Waals surface area contributed by atoms with Crippen molar-refractivity contribution in [3.63, 3.8) is 0 Å². The summed E-state index contributed by atoms with van der Waals surface area (Å²) in [5.41, 5.74) is 3.07. The maximum absolute atomic E-state index is 11.0. The highest BCUT2D eigenvalue weighted by atomic mass is 79.9. The number of aldehydes is 1. The number of nitrogens with zero attached hydrogens (tertiary/aromatic N) is 1. The zero-order valence-corrected chi connectivity index (χ0v) is 11.8. The maximum atomic E-state index is 11.0. The Labute approximate surface area is 119 Å². The summed E-state index contributed by atoms with van der Waals surface area (Å²) in [5.74, 6) is 0. The molecule has 0 amide bonds. The van der Waals surface area contributed by atoms with Gasteiger partial charge in [0.1, 0.15) is 0 Å². The van der Waals surface area contributed by atoms with E-state index in [0.717, 1.165) is 33.8 Å². The summed E-state index contributed by atoms with van der Waals surface area (Å²) < 4.78 is 3.24. The van der Waals surface area contributed by atoms with Crippen molar-refractivity contribution in [2.45, 2.75) is 6.54 Å². The van der Waals surface area contributed by atoms with Gasteiger partial charge in [-0.25, -0.2) is 0 Å². The van der Waals surface area contributed by atoms with Crippen LogP contribution < -0.4 is 0 Å². The highest BCUT2D eigenvalue weighted by molar-refractivity contribution is 9.10. The Morgan fingerprint density at radius 3 is 2.58 bits per heavy atom. The Morgan fingerprint density at radius 1 is 1.05 bits per heavy atom. The molecule has 0 aliphatic rings. The van der Waals surface area contributed by atoms with Crippen LogP contribution in [0.5, 0.6) is 0 Å². The number of fused-ring (bicyclic) bond motifs is 1. The molecule has 0 aliphatic heterocycles. The summed E-state index contributed by atoms with van der Waals surface area (Å²) in [7, 11) is 0. The summed E-state index contributed by atoms with van der Waals surface area (Å²) >= 11 is 3.44. The molecule has 1 aromatic heterocycles. The van der Waals surface area contributed by atoms with Gasteiger partial charge in [0.2, 0.25) is 0 Å². The average Bonchev–Trinajstić information content (AvgIpc) is 2.84. The molecule has 0 atom stereocenters. The minimum absolute atomic E-state index is 0.743. The quantitative estimate of drug-likeness (QED) is 0.662. The number of benzene rings is 2. The molecule has 0 unspecified atom stereocenters. The van der Waals surface area contributed by atoms with Crippen molar-refractivity contribution < 1.29 is 4.79 Å². The van der Waals surface area contributed by atoms with Gasteiger partial charge in [0.15, 0.2) is 6.29 Å². The molecular formula is C16H12BrNO. The lowest BCUT2D eigenvalue weighted by molar-refractivity contribution is 0.112. The lowest BCUT2D eigenvalue weighted by atomic mass is 10.1. The van der Waals surface area contributed by atoms with Crippen LogP contribution in [0.2, 0.25) is 0 Å². The Morgan fingerprint density at radius 2 is 1.84 bits per heavy atom. The average molecular weight is 314 g/mol. The Hall–Kier alpha value is -1.87. The minimum Gasteiger partial charge on any atom is -0.343 e. The maximum Gasteiger partial charge on any atom is 0.150 e. The molecule has 1 heterocycles. The lowest BCUT2D eigenvalue weighted by Crippen LogP contribution is -1.97. The van der Waals surface area contributed by atoms with Crippen molar-refractivity contribution in [3.05, 3.63) is 70.3 Å². The number of carbonyl (C=O) groups is 1. The molecule has 0 radical (unpaired) electrons. The number of hydrogen-bond acceptors (Lipinski definition) is 1. The normalized spacial score (nSPS) is 10.8. The number of carbonyl (C=O) groups excluding carboxylic acids is 1. The third-order valence-electron chi connectivity index (χ3n) is 3.24. The third-order valence-corrected chi connectivity index (χ3v) is 3.77. The standard InChI is InChI=1S/C16H12BrNO/c17-14-6-4-12(5-7-14)10-18-9-8-15-13(11-19)2-1-3-16(15)18/h1-9,11H,10H2. The van der Waals surface area contributed by atoms with Crippen molar-refractivity contribution in [1.29, 1.82) is 0 Å². The minimum atomic E-state index is 0.743. The molecule has 0 fully saturated rings. The van der Waals surface area contributed by atoms with Crippen molar-refractivity contribution >= 4 is 33.1 Å². The van der Waals surface area contributed by atoms with Crippen LogP contribution >= 0.6 is 15.9 Å². The summed E-state index contributed by atoms with van der Waals surface area (Å²) in [5, 5.41) is 1.01. The fraction of sp³-hybridized carbons (Fsp3) is 0.0625. The second-order valence-electron chi connectivity index (χ2n) is 4.47. The summed E-state index contributed by atoms with van der Waals surface area (Å²) in [6.07, 6.45) is 2.94. The number of hydrogen-bond donors (Lipinski definition) is 0. The van der Waals surface area contributed by atoms with Crippen LogP contribution in [-0.4, -0.2) is 10.9 Å². The van der Waals surface area contributed by atoms with Crippen LogP contribution in [0.15, 0.2) is 59.2 Å². The van der Waals surface area contributed by atoms with Gasteiger partial charge in [-0.3, -0.25) is 4.79 Å². The van der Waals surface area contributed by atoms with Gasteiger partial charge in [0, 0.05) is 33.7 Å². The summed E-state index contributed by atoms with van der Waals surface area (Å²) in [4.78, 5) is 11.0. The fourth-order valence-corrected chi connectivity index (χ4v) is 2.54. The largest absolute Gasteiger partial charge is 0.343 e. The highest BCUT2D eigenvalue weighted by Gasteiger charge is 2.05. The van der Waals surface area contributed by atoms with Gasteiger partial charge < -0.3 is 4.57 Å². The SMILES string of the molecule is O=Cc1cccc2c1ccn2Cc1ccc(Br)cc1. The smallest absolute Gasteiger partial charge is 0.150 e. The predicted octanol–water partition coefficient (Wildman–Crippen LogP) is 4.26. The molecule has 0 spiro atoms. The first kappa shape index (κ1) is 12.2. The second kappa shape index (κ2) is 5.02. The van der Waals surface area contributed by atoms with Crippen LogP contribution in [0.3, 0.4) is 0 Å². The van der Waals surface area contributed by atoms with Gasteiger partial charge in [-0.05, 0) is 29.8 Å². The Bertz CT molecular complexity index is 728. The topological polar surface area (TPSA) is 22.0 Å². The molecule has 0 N–H and O–H groups in total. The second-order valence-corrected chi connectivity index (χ2v) is 5.38. The van der Waals surface area contributed by atoms with Gasteiger partial charge in [-0.15, -0.1) is 0 Å². The van der Waals surface area contributed by atoms with E-state index in [9.17, 15) is 4.79 Å². The Kier molecular flexibility index (Phi) is 3.22. The molecule has 0 bridgehead atoms. The van der Waals surface area contributed by atoms with Crippen LogP contribution in [0.1, 0.15) is 15.9 Å². The van der Waals surface area contributed by atoms with Gasteiger partial charge in [-0.2, -0.15) is 0 Å². The molecule has 19 heavy (non-hydrogen) atoms. The van der Waals surface area contributed by atoms with Crippen molar-refractivity contribution in [1.82, 2.24) is 4.57 Å². The van der Waals surface area contributed by atoms with E-state index in [-0.39, 0.29) is 0 Å². The zero-order valence-electron chi connectivity index (χ0n) is 10.2. The number of aromatic nitrogens is 1. The Balaban J connectivity index is 2.02.